The summed E-state index contributed by atoms with van der Waals surface area (Å²) >= 11 is 3.23. The molecule has 0 aliphatic carbocycles. The lowest BCUT2D eigenvalue weighted by atomic mass is 10.1. The fourth-order valence-electron chi connectivity index (χ4n) is 2.19. The second kappa shape index (κ2) is 6.36. The summed E-state index contributed by atoms with van der Waals surface area (Å²) in [6.07, 6.45) is -4.70. The van der Waals surface area contributed by atoms with Gasteiger partial charge >= 0.3 is 17.8 Å². The highest BCUT2D eigenvalue weighted by Gasteiger charge is 2.33. The highest BCUT2D eigenvalue weighted by Crippen LogP contribution is 2.34. The van der Waals surface area contributed by atoms with E-state index in [0.717, 1.165) is 16.6 Å². The number of benzene rings is 2. The van der Waals surface area contributed by atoms with Gasteiger partial charge in [-0.05, 0) is 36.4 Å². The van der Waals surface area contributed by atoms with E-state index < -0.39 is 23.3 Å². The van der Waals surface area contributed by atoms with E-state index in [0.29, 0.717) is 6.07 Å². The van der Waals surface area contributed by atoms with Crippen LogP contribution in [0.4, 0.5) is 13.2 Å². The maximum Gasteiger partial charge on any atom is 0.417 e. The van der Waals surface area contributed by atoms with Gasteiger partial charge in [0, 0.05) is 22.0 Å². The Bertz CT molecular complexity index is 1010. The van der Waals surface area contributed by atoms with Crippen molar-refractivity contribution in [3.8, 4) is 5.75 Å². The van der Waals surface area contributed by atoms with Gasteiger partial charge in [-0.3, -0.25) is 0 Å². The molecule has 0 unspecified atom stereocenters. The molecule has 0 spiro atoms. The normalized spacial score (nSPS) is 11.5. The molecule has 0 fully saturated rings. The van der Waals surface area contributed by atoms with Crippen LogP contribution in [0.2, 0.25) is 0 Å². The molecule has 2 aromatic carbocycles. The molecule has 128 valence electrons. The van der Waals surface area contributed by atoms with Crippen LogP contribution in [0.1, 0.15) is 15.9 Å². The Kier molecular flexibility index (Phi) is 4.38. The standard InChI is InChI=1S/C17H8BrF3O4/c18-10-3-1-9(2-4-10)16(23)24-11-5-6-12-13(17(19,20)21)8-15(22)25-14(12)7-11/h1-8H. The maximum atomic E-state index is 13.0. The summed E-state index contributed by atoms with van der Waals surface area (Å²) in [6.45, 7) is 0. The quantitative estimate of drug-likeness (QED) is 0.344. The third-order valence-electron chi connectivity index (χ3n) is 3.31. The van der Waals surface area contributed by atoms with Gasteiger partial charge in [-0.1, -0.05) is 15.9 Å². The number of alkyl halides is 3. The summed E-state index contributed by atoms with van der Waals surface area (Å²) in [5, 5.41) is -0.296. The molecule has 0 amide bonds. The minimum atomic E-state index is -4.70. The van der Waals surface area contributed by atoms with E-state index in [1.165, 1.54) is 18.2 Å². The van der Waals surface area contributed by atoms with E-state index in [1.807, 2.05) is 0 Å². The molecule has 0 N–H and O–H groups in total. The first kappa shape index (κ1) is 17.2. The van der Waals surface area contributed by atoms with Crippen molar-refractivity contribution in [1.82, 2.24) is 0 Å². The zero-order valence-electron chi connectivity index (χ0n) is 12.3. The van der Waals surface area contributed by atoms with Crippen LogP contribution in [0.25, 0.3) is 11.0 Å². The minimum absolute atomic E-state index is 0.0390. The van der Waals surface area contributed by atoms with Gasteiger partial charge < -0.3 is 9.15 Å². The highest BCUT2D eigenvalue weighted by atomic mass is 79.9. The molecule has 0 aliphatic heterocycles. The molecule has 3 rings (SSSR count). The molecule has 1 aromatic heterocycles. The lowest BCUT2D eigenvalue weighted by Crippen LogP contribution is -2.11. The molecule has 0 saturated heterocycles. The van der Waals surface area contributed by atoms with E-state index >= 15 is 0 Å². The van der Waals surface area contributed by atoms with Crippen molar-refractivity contribution in [1.29, 1.82) is 0 Å². The Morgan fingerprint density at radius 2 is 1.72 bits per heavy atom. The zero-order valence-corrected chi connectivity index (χ0v) is 13.8. The molecule has 0 aliphatic rings. The van der Waals surface area contributed by atoms with Crippen molar-refractivity contribution >= 4 is 32.9 Å². The van der Waals surface area contributed by atoms with E-state index in [9.17, 15) is 22.8 Å². The molecular weight excluding hydrogens is 405 g/mol. The van der Waals surface area contributed by atoms with Crippen molar-refractivity contribution in [2.24, 2.45) is 0 Å². The predicted molar refractivity (Wildman–Crippen MR) is 86.6 cm³/mol. The summed E-state index contributed by atoms with van der Waals surface area (Å²) in [5.74, 6) is -0.732. The number of rotatable bonds is 2. The van der Waals surface area contributed by atoms with Crippen LogP contribution in [-0.2, 0) is 6.18 Å². The molecule has 25 heavy (non-hydrogen) atoms. The van der Waals surface area contributed by atoms with Crippen molar-refractivity contribution < 1.29 is 27.1 Å². The second-order valence-electron chi connectivity index (χ2n) is 5.03. The molecule has 3 aromatic rings. The summed E-state index contributed by atoms with van der Waals surface area (Å²) in [4.78, 5) is 23.4. The van der Waals surface area contributed by atoms with Crippen molar-refractivity contribution in [3.63, 3.8) is 0 Å². The first-order valence-electron chi connectivity index (χ1n) is 6.87. The molecule has 0 saturated carbocycles. The third-order valence-corrected chi connectivity index (χ3v) is 3.84. The van der Waals surface area contributed by atoms with Crippen LogP contribution in [-0.4, -0.2) is 5.97 Å². The van der Waals surface area contributed by atoms with E-state index in [2.05, 4.69) is 15.9 Å². The van der Waals surface area contributed by atoms with Gasteiger partial charge in [0.2, 0.25) is 0 Å². The Labute approximate surface area is 147 Å². The number of carbonyl (C=O) groups excluding carboxylic acids is 1. The van der Waals surface area contributed by atoms with Crippen LogP contribution < -0.4 is 10.4 Å². The number of hydrogen-bond donors (Lipinski definition) is 0. The van der Waals surface area contributed by atoms with Gasteiger partial charge in [-0.25, -0.2) is 9.59 Å². The van der Waals surface area contributed by atoms with Crippen LogP contribution in [0.15, 0.2) is 62.2 Å². The van der Waals surface area contributed by atoms with Gasteiger partial charge in [-0.15, -0.1) is 0 Å². The molecule has 8 heteroatoms. The summed E-state index contributed by atoms with van der Waals surface area (Å²) in [5.41, 5.74) is -2.31. The zero-order chi connectivity index (χ0) is 18.2. The van der Waals surface area contributed by atoms with Gasteiger partial charge in [0.1, 0.15) is 11.3 Å². The van der Waals surface area contributed by atoms with Crippen LogP contribution in [0.3, 0.4) is 0 Å². The smallest absolute Gasteiger partial charge is 0.417 e. The Hall–Kier alpha value is -2.61. The average molecular weight is 413 g/mol. The first-order valence-corrected chi connectivity index (χ1v) is 7.66. The van der Waals surface area contributed by atoms with Crippen molar-refractivity contribution in [2.45, 2.75) is 6.18 Å². The van der Waals surface area contributed by atoms with Gasteiger partial charge in [0.15, 0.2) is 0 Å². The van der Waals surface area contributed by atoms with E-state index in [-0.39, 0.29) is 22.3 Å². The minimum Gasteiger partial charge on any atom is -0.423 e. The summed E-state index contributed by atoms with van der Waals surface area (Å²) < 4.78 is 49.7. The van der Waals surface area contributed by atoms with Crippen LogP contribution in [0, 0.1) is 0 Å². The Balaban J connectivity index is 1.97. The second-order valence-corrected chi connectivity index (χ2v) is 5.95. The van der Waals surface area contributed by atoms with E-state index in [4.69, 9.17) is 9.15 Å². The summed E-state index contributed by atoms with van der Waals surface area (Å²) in [6, 6.07) is 10.1. The van der Waals surface area contributed by atoms with Crippen molar-refractivity contribution in [2.75, 3.05) is 0 Å². The number of halogens is 4. The fraction of sp³-hybridized carbons (Fsp3) is 0.0588. The Morgan fingerprint density at radius 3 is 2.36 bits per heavy atom. The molecule has 1 heterocycles. The lowest BCUT2D eigenvalue weighted by molar-refractivity contribution is -0.136. The monoisotopic (exact) mass is 412 g/mol. The maximum absolute atomic E-state index is 13.0. The molecule has 4 nitrogen and oxygen atoms in total. The average Bonchev–Trinajstić information content (AvgIpc) is 2.53. The third kappa shape index (κ3) is 3.74. The van der Waals surface area contributed by atoms with E-state index in [1.54, 1.807) is 12.1 Å². The van der Waals surface area contributed by atoms with Crippen LogP contribution in [0.5, 0.6) is 5.75 Å². The van der Waals surface area contributed by atoms with Gasteiger partial charge in [0.05, 0.1) is 11.1 Å². The van der Waals surface area contributed by atoms with Crippen LogP contribution >= 0.6 is 15.9 Å². The number of ether oxygens (including phenoxy) is 1. The Morgan fingerprint density at radius 1 is 1.04 bits per heavy atom. The highest BCUT2D eigenvalue weighted by molar-refractivity contribution is 9.10. The number of hydrogen-bond acceptors (Lipinski definition) is 4. The molecule has 0 atom stereocenters. The lowest BCUT2D eigenvalue weighted by Gasteiger charge is -2.10. The van der Waals surface area contributed by atoms with Gasteiger partial charge in [0.25, 0.3) is 0 Å². The number of fused-ring (bicyclic) bond motifs is 1. The number of esters is 1. The van der Waals surface area contributed by atoms with Gasteiger partial charge in [-0.2, -0.15) is 13.2 Å². The number of carbonyl (C=O) groups is 1. The molecule has 0 bridgehead atoms. The first-order chi connectivity index (χ1) is 11.7. The largest absolute Gasteiger partial charge is 0.423 e. The fourth-order valence-corrected chi connectivity index (χ4v) is 2.46. The SMILES string of the molecule is O=C(Oc1ccc2c(C(F)(F)F)cc(=O)oc2c1)c1ccc(Br)cc1. The molecular formula is C17H8BrF3O4. The predicted octanol–water partition coefficient (Wildman–Crippen LogP) is 4.79. The topological polar surface area (TPSA) is 56.5 Å². The van der Waals surface area contributed by atoms with Crippen molar-refractivity contribution in [3.05, 3.63) is 74.6 Å². The summed E-state index contributed by atoms with van der Waals surface area (Å²) in [7, 11) is 0. The molecule has 0 radical (unpaired) electrons.